The molecular weight excluding hydrogens is 408 g/mol. The van der Waals surface area contributed by atoms with E-state index in [1.165, 1.54) is 5.56 Å². The lowest BCUT2D eigenvalue weighted by Gasteiger charge is -2.35. The van der Waals surface area contributed by atoms with Crippen molar-refractivity contribution in [1.82, 2.24) is 15.0 Å². The van der Waals surface area contributed by atoms with Gasteiger partial charge in [-0.1, -0.05) is 38.1 Å². The van der Waals surface area contributed by atoms with Gasteiger partial charge in [-0.25, -0.2) is 0 Å². The van der Waals surface area contributed by atoms with Gasteiger partial charge in [-0.15, -0.1) is 0 Å². The molecule has 1 aromatic carbocycles. The molecule has 0 saturated carbocycles. The molecule has 0 radical (unpaired) electrons. The highest BCUT2D eigenvalue weighted by Gasteiger charge is 2.22. The van der Waals surface area contributed by atoms with Crippen LogP contribution in [-0.2, 0) is 10.2 Å². The fraction of sp³-hybridized carbons (Fsp3) is 0.583. The molecule has 8 nitrogen and oxygen atoms in total. The minimum Gasteiger partial charge on any atom is -0.491 e. The Balaban J connectivity index is 1.37. The minimum absolute atomic E-state index is 0.0980. The third kappa shape index (κ3) is 7.05. The predicted octanol–water partition coefficient (Wildman–Crippen LogP) is 2.58. The maximum atomic E-state index is 12.2. The van der Waals surface area contributed by atoms with Crippen LogP contribution in [0.25, 0.3) is 0 Å². The largest absolute Gasteiger partial charge is 0.491 e. The normalized spacial score (nSPS) is 16.7. The summed E-state index contributed by atoms with van der Waals surface area (Å²) in [5.74, 6) is 1.81. The molecule has 1 amide bonds. The number of nitrogens with one attached hydrogen (secondary N) is 1. The van der Waals surface area contributed by atoms with Gasteiger partial charge in [-0.3, -0.25) is 14.6 Å². The topological polar surface area (TPSA) is 91.1 Å². The van der Waals surface area contributed by atoms with Crippen LogP contribution in [0.4, 0.5) is 5.82 Å². The molecule has 0 unspecified atom stereocenters. The number of nitrogens with zero attached hydrogens (tertiary/aromatic N) is 3. The van der Waals surface area contributed by atoms with Crippen molar-refractivity contribution < 1.29 is 19.2 Å². The van der Waals surface area contributed by atoms with Gasteiger partial charge in [0.15, 0.2) is 5.82 Å². The number of β-amino-alcohol motifs (C(OH)–C–C–N with tert-alkyl or cyclic N) is 1. The zero-order chi connectivity index (χ0) is 23.3. The summed E-state index contributed by atoms with van der Waals surface area (Å²) in [6, 6.07) is 7.93. The first-order valence-electron chi connectivity index (χ1n) is 11.2. The van der Waals surface area contributed by atoms with Crippen molar-refractivity contribution in [1.29, 1.82) is 0 Å². The number of ether oxygens (including phenoxy) is 1. The Morgan fingerprint density at radius 2 is 1.88 bits per heavy atom. The third-order valence-electron chi connectivity index (χ3n) is 5.67. The number of anilines is 1. The van der Waals surface area contributed by atoms with E-state index in [2.05, 4.69) is 53.2 Å². The van der Waals surface area contributed by atoms with Gasteiger partial charge in [-0.05, 0) is 36.5 Å². The number of aliphatic hydroxyl groups is 1. The number of aromatic nitrogens is 1. The first-order valence-corrected chi connectivity index (χ1v) is 11.2. The maximum Gasteiger partial charge on any atom is 0.239 e. The van der Waals surface area contributed by atoms with Crippen molar-refractivity contribution in [2.45, 2.75) is 46.1 Å². The molecule has 1 saturated heterocycles. The standard InChI is InChI=1S/C24H36N4O4/c1-17-12-19(24(3,4)5)6-7-21(17)31-16-20(29)14-27-8-10-28(11-9-27)15-23(30)25-22-13-18(2)32-26-22/h6-7,12-13,20,29H,8-11,14-16H2,1-5H3,(H,25,26,30)/t20-/m1/s1. The highest BCUT2D eigenvalue weighted by molar-refractivity contribution is 5.91. The molecule has 8 heteroatoms. The van der Waals surface area contributed by atoms with E-state index in [-0.39, 0.29) is 17.9 Å². The Morgan fingerprint density at radius 3 is 2.47 bits per heavy atom. The van der Waals surface area contributed by atoms with Crippen molar-refractivity contribution in [2.24, 2.45) is 0 Å². The number of rotatable bonds is 8. The van der Waals surface area contributed by atoms with Gasteiger partial charge in [0, 0.05) is 38.8 Å². The Bertz CT molecular complexity index is 898. The highest BCUT2D eigenvalue weighted by Crippen LogP contribution is 2.27. The summed E-state index contributed by atoms with van der Waals surface area (Å²) in [6.07, 6.45) is -0.568. The molecule has 3 rings (SSSR count). The second-order valence-corrected chi connectivity index (χ2v) is 9.64. The molecule has 1 aliphatic rings. The lowest BCUT2D eigenvalue weighted by Crippen LogP contribution is -2.50. The van der Waals surface area contributed by atoms with Crippen molar-refractivity contribution in [3.63, 3.8) is 0 Å². The van der Waals surface area contributed by atoms with Gasteiger partial charge in [-0.2, -0.15) is 0 Å². The first-order chi connectivity index (χ1) is 15.1. The smallest absolute Gasteiger partial charge is 0.239 e. The fourth-order valence-electron chi connectivity index (χ4n) is 3.76. The molecule has 1 aliphatic heterocycles. The van der Waals surface area contributed by atoms with E-state index in [4.69, 9.17) is 9.26 Å². The summed E-state index contributed by atoms with van der Waals surface area (Å²) in [4.78, 5) is 16.5. The van der Waals surface area contributed by atoms with Gasteiger partial charge >= 0.3 is 0 Å². The lowest BCUT2D eigenvalue weighted by atomic mass is 9.86. The molecule has 0 bridgehead atoms. The van der Waals surface area contributed by atoms with E-state index < -0.39 is 6.10 Å². The molecule has 2 aromatic rings. The van der Waals surface area contributed by atoms with Crippen molar-refractivity contribution in [2.75, 3.05) is 51.2 Å². The van der Waals surface area contributed by atoms with Crippen LogP contribution < -0.4 is 10.1 Å². The molecular formula is C24H36N4O4. The number of carbonyl (C=O) groups is 1. The van der Waals surface area contributed by atoms with Crippen LogP contribution >= 0.6 is 0 Å². The van der Waals surface area contributed by atoms with E-state index in [9.17, 15) is 9.90 Å². The molecule has 32 heavy (non-hydrogen) atoms. The zero-order valence-electron chi connectivity index (χ0n) is 19.9. The number of benzene rings is 1. The average Bonchev–Trinajstić information content (AvgIpc) is 3.12. The van der Waals surface area contributed by atoms with Gasteiger partial charge in [0.1, 0.15) is 24.2 Å². The van der Waals surface area contributed by atoms with Crippen molar-refractivity contribution >= 4 is 11.7 Å². The molecule has 0 aliphatic carbocycles. The summed E-state index contributed by atoms with van der Waals surface area (Å²) >= 11 is 0. The number of hydrogen-bond acceptors (Lipinski definition) is 7. The molecule has 176 valence electrons. The van der Waals surface area contributed by atoms with Crippen LogP contribution in [-0.4, -0.2) is 77.9 Å². The van der Waals surface area contributed by atoms with Crippen LogP contribution in [0.2, 0.25) is 0 Å². The number of aryl methyl sites for hydroxylation is 2. The summed E-state index contributed by atoms with van der Waals surface area (Å²) in [5.41, 5.74) is 2.45. The van der Waals surface area contributed by atoms with E-state index >= 15 is 0 Å². The van der Waals surface area contributed by atoms with Crippen molar-refractivity contribution in [3.05, 3.63) is 41.2 Å². The molecule has 1 fully saturated rings. The number of aliphatic hydroxyl groups excluding tert-OH is 1. The van der Waals surface area contributed by atoms with Crippen LogP contribution in [0.1, 0.15) is 37.7 Å². The summed E-state index contributed by atoms with van der Waals surface area (Å²) in [7, 11) is 0. The quantitative estimate of drug-likeness (QED) is 0.647. The Kier molecular flexibility index (Phi) is 7.92. The first kappa shape index (κ1) is 24.2. The van der Waals surface area contributed by atoms with Crippen LogP contribution in [0.3, 0.4) is 0 Å². The Hall–Kier alpha value is -2.42. The van der Waals surface area contributed by atoms with Crippen LogP contribution in [0, 0.1) is 13.8 Å². The number of piperazine rings is 1. The van der Waals surface area contributed by atoms with Gasteiger partial charge in [0.2, 0.25) is 5.91 Å². The molecule has 2 heterocycles. The Morgan fingerprint density at radius 1 is 1.19 bits per heavy atom. The fourth-order valence-corrected chi connectivity index (χ4v) is 3.76. The third-order valence-corrected chi connectivity index (χ3v) is 5.67. The van der Waals surface area contributed by atoms with E-state index in [0.717, 1.165) is 37.5 Å². The maximum absolute atomic E-state index is 12.2. The van der Waals surface area contributed by atoms with Crippen LogP contribution in [0.15, 0.2) is 28.8 Å². The summed E-state index contributed by atoms with van der Waals surface area (Å²) in [5, 5.41) is 17.0. The molecule has 1 atom stereocenters. The zero-order valence-corrected chi connectivity index (χ0v) is 19.9. The van der Waals surface area contributed by atoms with Gasteiger partial charge < -0.3 is 19.7 Å². The average molecular weight is 445 g/mol. The second kappa shape index (κ2) is 10.5. The number of hydrogen-bond donors (Lipinski definition) is 2. The van der Waals surface area contributed by atoms with E-state index in [0.29, 0.717) is 24.7 Å². The van der Waals surface area contributed by atoms with E-state index in [1.54, 1.807) is 13.0 Å². The monoisotopic (exact) mass is 444 g/mol. The lowest BCUT2D eigenvalue weighted by molar-refractivity contribution is -0.117. The highest BCUT2D eigenvalue weighted by atomic mass is 16.5. The van der Waals surface area contributed by atoms with Gasteiger partial charge in [0.05, 0.1) is 6.54 Å². The Labute approximate surface area is 190 Å². The van der Waals surface area contributed by atoms with E-state index in [1.807, 2.05) is 13.0 Å². The number of amides is 1. The molecule has 1 aromatic heterocycles. The molecule has 0 spiro atoms. The van der Waals surface area contributed by atoms with Crippen LogP contribution in [0.5, 0.6) is 5.75 Å². The SMILES string of the molecule is Cc1cc(NC(=O)CN2CCN(C[C@@H](O)COc3ccc(C(C)(C)C)cc3C)CC2)no1. The number of carbonyl (C=O) groups excluding carboxylic acids is 1. The van der Waals surface area contributed by atoms with Crippen molar-refractivity contribution in [3.8, 4) is 5.75 Å². The summed E-state index contributed by atoms with van der Waals surface area (Å²) < 4.78 is 10.8. The minimum atomic E-state index is -0.568. The second-order valence-electron chi connectivity index (χ2n) is 9.64. The predicted molar refractivity (Wildman–Crippen MR) is 124 cm³/mol. The van der Waals surface area contributed by atoms with Gasteiger partial charge in [0.25, 0.3) is 0 Å². The summed E-state index contributed by atoms with van der Waals surface area (Å²) in [6.45, 7) is 14.7. The molecule has 2 N–H and O–H groups in total.